The number of ketones is 1. The maximum Gasteiger partial charge on any atom is 0.249 e. The van der Waals surface area contributed by atoms with Crippen LogP contribution >= 0.6 is 0 Å². The molecular formula is C56H93N3O7. The molecule has 8 aliphatic carbocycles. The van der Waals surface area contributed by atoms with E-state index in [0.717, 1.165) is 115 Å². The molecule has 0 bridgehead atoms. The maximum absolute atomic E-state index is 13.3. The Labute approximate surface area is 399 Å². The highest BCUT2D eigenvalue weighted by atomic mass is 16.7. The van der Waals surface area contributed by atoms with Crippen LogP contribution in [0.1, 0.15) is 193 Å². The van der Waals surface area contributed by atoms with Crippen molar-refractivity contribution < 1.29 is 33.5 Å². The number of aryl methyl sites for hydroxylation is 5. The van der Waals surface area contributed by atoms with Crippen LogP contribution in [0.2, 0.25) is 0 Å². The molecule has 10 rings (SSSR count). The number of hydrogen-bond acceptors (Lipinski definition) is 9. The molecule has 2 aromatic rings. The Morgan fingerprint density at radius 1 is 0.606 bits per heavy atom. The average Bonchev–Trinajstić information content (AvgIpc) is 3.96. The second-order valence-corrected chi connectivity index (χ2v) is 24.0. The van der Waals surface area contributed by atoms with E-state index < -0.39 is 11.2 Å². The Balaban J connectivity index is 0.000000183. The Bertz CT molecular complexity index is 1950. The Kier molecular flexibility index (Phi) is 16.0. The van der Waals surface area contributed by atoms with Gasteiger partial charge in [0.05, 0.1) is 36.1 Å². The lowest BCUT2D eigenvalue weighted by atomic mass is 9.49. The van der Waals surface area contributed by atoms with Crippen molar-refractivity contribution in [2.45, 2.75) is 210 Å². The van der Waals surface area contributed by atoms with E-state index in [1.165, 1.54) is 82.1 Å². The van der Waals surface area contributed by atoms with Crippen LogP contribution in [-0.2, 0) is 20.8 Å². The highest BCUT2D eigenvalue weighted by Crippen LogP contribution is 2.66. The van der Waals surface area contributed by atoms with Crippen LogP contribution in [0.15, 0.2) is 8.83 Å². The second-order valence-electron chi connectivity index (χ2n) is 24.0. The first-order chi connectivity index (χ1) is 30.1. The van der Waals surface area contributed by atoms with Crippen LogP contribution in [0.3, 0.4) is 0 Å². The highest BCUT2D eigenvalue weighted by molar-refractivity contribution is 5.83. The topological polar surface area (TPSA) is 139 Å². The monoisotopic (exact) mass is 920 g/mol. The van der Waals surface area contributed by atoms with Gasteiger partial charge in [-0.25, -0.2) is 15.0 Å². The fraction of sp³-hybridized carbons (Fsp3) is 0.857. The molecule has 0 unspecified atom stereocenters. The zero-order valence-electron chi connectivity index (χ0n) is 41.6. The lowest BCUT2D eigenvalue weighted by Crippen LogP contribution is -2.51. The van der Waals surface area contributed by atoms with Gasteiger partial charge in [-0.15, -0.1) is 0 Å². The second kappa shape index (κ2) is 20.0. The zero-order chi connectivity index (χ0) is 46.1. The van der Waals surface area contributed by atoms with Crippen molar-refractivity contribution in [1.82, 2.24) is 15.0 Å². The minimum absolute atomic E-state index is 0. The number of nitrogens with zero attached hydrogens (tertiary/aromatic N) is 3. The van der Waals surface area contributed by atoms with Crippen LogP contribution in [0, 0.1) is 116 Å². The minimum Gasteiger partial charge on any atom is -0.446 e. The highest BCUT2D eigenvalue weighted by Gasteiger charge is 2.61. The number of carbonyl (C=O) groups excluding carboxylic acids is 2. The van der Waals surface area contributed by atoms with Crippen LogP contribution in [-0.4, -0.2) is 62.3 Å². The Morgan fingerprint density at radius 2 is 1.06 bits per heavy atom. The van der Waals surface area contributed by atoms with Gasteiger partial charge in [-0.1, -0.05) is 28.7 Å². The van der Waals surface area contributed by atoms with Gasteiger partial charge in [-0.3, -0.25) is 14.4 Å². The third-order valence-electron chi connectivity index (χ3n) is 20.3. The van der Waals surface area contributed by atoms with E-state index in [1.807, 2.05) is 48.5 Å². The molecule has 0 aromatic carbocycles. The van der Waals surface area contributed by atoms with Gasteiger partial charge < -0.3 is 19.0 Å². The summed E-state index contributed by atoms with van der Waals surface area (Å²) in [5.74, 6) is 11.6. The molecule has 8 aliphatic rings. The molecule has 10 heteroatoms. The van der Waals surface area contributed by atoms with Crippen LogP contribution in [0.5, 0.6) is 0 Å². The first kappa shape index (κ1) is 52.8. The number of hydrogen-bond donors (Lipinski definition) is 2. The van der Waals surface area contributed by atoms with E-state index in [-0.39, 0.29) is 43.4 Å². The SMILES string of the molecule is C.C.CON(C)C(=O)[C@H]1CC[C@H]2[C@@H]3CC[C@@H]4C[C@](C)(O)CC[C@@H]4[C@H]3CC[C@]12C.Cc1nc(C)c(C)o1.Cc1nc(CC(=O)[C@H]2CC[C@H]3[C@@H]4CC[C@@H]5C[C@](C)(O)CC[C@@H]5[C@H]4CC[C@]23C)oc1C. The molecule has 0 spiro atoms. The molecule has 10 nitrogen and oxygen atoms in total. The van der Waals surface area contributed by atoms with E-state index in [0.29, 0.717) is 29.9 Å². The third-order valence-corrected chi connectivity index (χ3v) is 20.3. The summed E-state index contributed by atoms with van der Waals surface area (Å²) in [5.41, 5.74) is 1.31. The average molecular weight is 920 g/mol. The van der Waals surface area contributed by atoms with Crippen LogP contribution < -0.4 is 0 Å². The molecule has 66 heavy (non-hydrogen) atoms. The normalized spacial score (nSPS) is 41.8. The van der Waals surface area contributed by atoms with Gasteiger partial charge in [0.25, 0.3) is 0 Å². The molecule has 0 saturated heterocycles. The summed E-state index contributed by atoms with van der Waals surface area (Å²) in [6.07, 6.45) is 21.3. The fourth-order valence-electron chi connectivity index (χ4n) is 16.9. The molecule has 374 valence electrons. The number of oxazole rings is 2. The molecule has 16 atom stereocenters. The standard InChI is InChI=1S/C26H39NO3.C22H37NO3.C6H9NO.2CH4/c1-15-16(2)30-24(27-15)13-23(28)22-8-7-21-20-6-5-17-14-25(3,29)11-9-18(17)19(20)10-12-26(21,22)4;1-21(25)11-9-15-14(13-21)5-6-17-16(15)10-12-22(2)18(17)7-8-19(22)20(24)23(3)26-4;1-4-5(2)8-6(3)7-4;;/h17-22,29H,5-14H2,1-4H3;14-19,25H,5-13H2,1-4H3;1-3H3;2*1H4/t17-,18+,19-,20-,21+,22-,25-,26+;14-,15+,16-,17-,18+,19-,21-,22+;;;/m11.../s1. The van der Waals surface area contributed by atoms with Gasteiger partial charge in [-0.2, -0.15) is 0 Å². The summed E-state index contributed by atoms with van der Waals surface area (Å²) in [4.78, 5) is 39.9. The van der Waals surface area contributed by atoms with Crippen molar-refractivity contribution in [2.75, 3.05) is 14.2 Å². The molecule has 2 N–H and O–H groups in total. The van der Waals surface area contributed by atoms with Gasteiger partial charge >= 0.3 is 0 Å². The Hall–Kier alpha value is -2.56. The van der Waals surface area contributed by atoms with E-state index in [1.54, 1.807) is 14.2 Å². The molecular weight excluding hydrogens is 827 g/mol. The van der Waals surface area contributed by atoms with Crippen molar-refractivity contribution >= 4 is 11.7 Å². The van der Waals surface area contributed by atoms with Crippen molar-refractivity contribution in [2.24, 2.45) is 81.8 Å². The third kappa shape index (κ3) is 10.1. The van der Waals surface area contributed by atoms with Crippen molar-refractivity contribution in [1.29, 1.82) is 0 Å². The summed E-state index contributed by atoms with van der Waals surface area (Å²) in [7, 11) is 3.34. The number of carbonyl (C=O) groups is 2. The molecule has 1 amide bonds. The van der Waals surface area contributed by atoms with Crippen molar-refractivity contribution in [3.05, 3.63) is 34.7 Å². The quantitative estimate of drug-likeness (QED) is 0.281. The molecule has 8 fully saturated rings. The molecule has 0 aliphatic heterocycles. The number of amides is 1. The lowest BCUT2D eigenvalue weighted by Gasteiger charge is -2.56. The molecule has 0 radical (unpaired) electrons. The Morgan fingerprint density at radius 3 is 1.48 bits per heavy atom. The molecule has 2 aromatic heterocycles. The number of Topliss-reactive ketones (excluding diaryl/α,β-unsaturated/α-hetero) is 1. The molecule has 8 saturated carbocycles. The predicted octanol–water partition coefficient (Wildman–Crippen LogP) is 12.3. The summed E-state index contributed by atoms with van der Waals surface area (Å²) in [6.45, 7) is 18.5. The number of aliphatic hydroxyl groups is 2. The van der Waals surface area contributed by atoms with Crippen molar-refractivity contribution in [3.63, 3.8) is 0 Å². The van der Waals surface area contributed by atoms with E-state index in [2.05, 4.69) is 23.8 Å². The first-order valence-electron chi connectivity index (χ1n) is 25.8. The van der Waals surface area contributed by atoms with E-state index >= 15 is 0 Å². The van der Waals surface area contributed by atoms with Crippen LogP contribution in [0.4, 0.5) is 0 Å². The summed E-state index contributed by atoms with van der Waals surface area (Å²) >= 11 is 0. The summed E-state index contributed by atoms with van der Waals surface area (Å²) < 4.78 is 10.8. The minimum atomic E-state index is -0.446. The van der Waals surface area contributed by atoms with Gasteiger partial charge in [0.15, 0.2) is 5.89 Å². The van der Waals surface area contributed by atoms with Gasteiger partial charge in [-0.05, 0) is 227 Å². The predicted molar refractivity (Wildman–Crippen MR) is 261 cm³/mol. The van der Waals surface area contributed by atoms with Gasteiger partial charge in [0, 0.05) is 25.8 Å². The summed E-state index contributed by atoms with van der Waals surface area (Å²) in [6, 6.07) is 0. The maximum atomic E-state index is 13.3. The lowest BCUT2D eigenvalue weighted by molar-refractivity contribution is -0.180. The molecule has 2 heterocycles. The van der Waals surface area contributed by atoms with Gasteiger partial charge in [0.2, 0.25) is 11.8 Å². The largest absolute Gasteiger partial charge is 0.446 e. The zero-order valence-corrected chi connectivity index (χ0v) is 41.6. The number of hydroxylamine groups is 2. The van der Waals surface area contributed by atoms with Crippen LogP contribution in [0.25, 0.3) is 0 Å². The van der Waals surface area contributed by atoms with E-state index in [4.69, 9.17) is 13.7 Å². The number of rotatable bonds is 5. The summed E-state index contributed by atoms with van der Waals surface area (Å²) in [5, 5.41) is 22.6. The number of fused-ring (bicyclic) bond motifs is 10. The smallest absolute Gasteiger partial charge is 0.249 e. The first-order valence-corrected chi connectivity index (χ1v) is 25.8. The fourth-order valence-corrected chi connectivity index (χ4v) is 16.9. The van der Waals surface area contributed by atoms with Crippen molar-refractivity contribution in [3.8, 4) is 0 Å². The van der Waals surface area contributed by atoms with Gasteiger partial charge in [0.1, 0.15) is 17.3 Å². The number of aromatic nitrogens is 2. The van der Waals surface area contributed by atoms with E-state index in [9.17, 15) is 19.8 Å².